The van der Waals surface area contributed by atoms with Gasteiger partial charge < -0.3 is 10.6 Å². The fraction of sp³-hybridized carbons (Fsp3) is 0.562. The first-order valence-corrected chi connectivity index (χ1v) is 7.29. The van der Waals surface area contributed by atoms with Crippen LogP contribution in [-0.2, 0) is 0 Å². The highest BCUT2D eigenvalue weighted by atomic mass is 15.0. The highest BCUT2D eigenvalue weighted by Crippen LogP contribution is 2.22. The van der Waals surface area contributed by atoms with Crippen molar-refractivity contribution in [2.75, 3.05) is 13.1 Å². The molecule has 1 aliphatic rings. The lowest BCUT2D eigenvalue weighted by molar-refractivity contribution is 0.391. The Labute approximate surface area is 116 Å². The number of hydrogen-bond donors (Lipinski definition) is 2. The van der Waals surface area contributed by atoms with Gasteiger partial charge in [0.25, 0.3) is 0 Å². The van der Waals surface area contributed by atoms with Gasteiger partial charge in [-0.05, 0) is 44.4 Å². The van der Waals surface area contributed by atoms with Crippen molar-refractivity contribution < 1.29 is 0 Å². The molecule has 1 aromatic rings. The monoisotopic (exact) mass is 259 g/mol. The van der Waals surface area contributed by atoms with Gasteiger partial charge in [0.05, 0.1) is 6.04 Å². The third-order valence-electron chi connectivity index (χ3n) is 3.89. The van der Waals surface area contributed by atoms with Crippen molar-refractivity contribution in [1.82, 2.24) is 15.6 Å². The van der Waals surface area contributed by atoms with Crippen LogP contribution in [0.1, 0.15) is 43.5 Å². The van der Waals surface area contributed by atoms with Crippen molar-refractivity contribution in [3.8, 4) is 0 Å². The molecule has 2 unspecified atom stereocenters. The lowest BCUT2D eigenvalue weighted by Gasteiger charge is -2.29. The molecule has 2 atom stereocenters. The SMILES string of the molecule is C=C(NC(CC)c1ccc(C)nc1)C1CCCNC1. The predicted octanol–water partition coefficient (Wildman–Crippen LogP) is 2.94. The Kier molecular flexibility index (Phi) is 4.97. The summed E-state index contributed by atoms with van der Waals surface area (Å²) in [6, 6.07) is 4.56. The van der Waals surface area contributed by atoms with Gasteiger partial charge in [0, 0.05) is 30.1 Å². The molecule has 0 radical (unpaired) electrons. The lowest BCUT2D eigenvalue weighted by atomic mass is 9.95. The Morgan fingerprint density at radius 3 is 3.00 bits per heavy atom. The van der Waals surface area contributed by atoms with Crippen LogP contribution >= 0.6 is 0 Å². The molecule has 0 bridgehead atoms. The maximum Gasteiger partial charge on any atom is 0.0523 e. The van der Waals surface area contributed by atoms with Crippen LogP contribution in [0.3, 0.4) is 0 Å². The Hall–Kier alpha value is -1.35. The minimum Gasteiger partial charge on any atom is -0.382 e. The van der Waals surface area contributed by atoms with Crippen LogP contribution in [0.2, 0.25) is 0 Å². The second kappa shape index (κ2) is 6.71. The molecule has 0 aliphatic carbocycles. The van der Waals surface area contributed by atoms with Crippen LogP contribution < -0.4 is 10.6 Å². The molecule has 2 N–H and O–H groups in total. The highest BCUT2D eigenvalue weighted by molar-refractivity contribution is 5.19. The Morgan fingerprint density at radius 2 is 2.42 bits per heavy atom. The maximum absolute atomic E-state index is 4.39. The van der Waals surface area contributed by atoms with Crippen molar-refractivity contribution in [3.05, 3.63) is 41.9 Å². The fourth-order valence-electron chi connectivity index (χ4n) is 2.60. The maximum atomic E-state index is 4.39. The van der Waals surface area contributed by atoms with E-state index in [0.717, 1.165) is 25.2 Å². The van der Waals surface area contributed by atoms with Gasteiger partial charge in [-0.25, -0.2) is 0 Å². The van der Waals surface area contributed by atoms with E-state index >= 15 is 0 Å². The van der Waals surface area contributed by atoms with E-state index in [1.165, 1.54) is 24.1 Å². The van der Waals surface area contributed by atoms with Gasteiger partial charge in [0.1, 0.15) is 0 Å². The van der Waals surface area contributed by atoms with Crippen molar-refractivity contribution in [2.45, 2.75) is 39.2 Å². The molecule has 2 heterocycles. The Bertz CT molecular complexity index is 405. The molecule has 1 saturated heterocycles. The quantitative estimate of drug-likeness (QED) is 0.853. The summed E-state index contributed by atoms with van der Waals surface area (Å²) in [4.78, 5) is 4.39. The second-order valence-electron chi connectivity index (χ2n) is 5.41. The minimum absolute atomic E-state index is 0.322. The number of aromatic nitrogens is 1. The summed E-state index contributed by atoms with van der Waals surface area (Å²) in [5.41, 5.74) is 3.48. The Balaban J connectivity index is 1.98. The van der Waals surface area contributed by atoms with E-state index < -0.39 is 0 Å². The number of nitrogens with one attached hydrogen (secondary N) is 2. The molecule has 1 aromatic heterocycles. The highest BCUT2D eigenvalue weighted by Gasteiger charge is 2.18. The molecule has 1 fully saturated rings. The van der Waals surface area contributed by atoms with Crippen molar-refractivity contribution in [1.29, 1.82) is 0 Å². The number of pyridine rings is 1. The average Bonchev–Trinajstić information content (AvgIpc) is 2.46. The first kappa shape index (κ1) is 14.1. The molecule has 0 aromatic carbocycles. The average molecular weight is 259 g/mol. The lowest BCUT2D eigenvalue weighted by Crippen LogP contribution is -2.35. The van der Waals surface area contributed by atoms with E-state index in [1.807, 2.05) is 13.1 Å². The molecular formula is C16H25N3. The second-order valence-corrected chi connectivity index (χ2v) is 5.41. The van der Waals surface area contributed by atoms with Crippen LogP contribution in [0.15, 0.2) is 30.6 Å². The van der Waals surface area contributed by atoms with Gasteiger partial charge in [0.15, 0.2) is 0 Å². The van der Waals surface area contributed by atoms with Gasteiger partial charge in [-0.15, -0.1) is 0 Å². The van der Waals surface area contributed by atoms with Crippen LogP contribution in [-0.4, -0.2) is 18.1 Å². The summed E-state index contributed by atoms with van der Waals surface area (Å²) in [6.07, 6.45) is 5.50. The molecule has 0 amide bonds. The van der Waals surface area contributed by atoms with Gasteiger partial charge in [-0.1, -0.05) is 19.6 Å². The smallest absolute Gasteiger partial charge is 0.0523 e. The molecule has 3 nitrogen and oxygen atoms in total. The van der Waals surface area contributed by atoms with E-state index in [-0.39, 0.29) is 0 Å². The third kappa shape index (κ3) is 3.80. The number of aryl methyl sites for hydroxylation is 1. The fourth-order valence-corrected chi connectivity index (χ4v) is 2.60. The van der Waals surface area contributed by atoms with Crippen molar-refractivity contribution >= 4 is 0 Å². The van der Waals surface area contributed by atoms with E-state index in [0.29, 0.717) is 12.0 Å². The minimum atomic E-state index is 0.322. The molecule has 3 heteroatoms. The molecule has 2 rings (SSSR count). The zero-order valence-electron chi connectivity index (χ0n) is 12.1. The first-order valence-electron chi connectivity index (χ1n) is 7.29. The number of hydrogen-bond acceptors (Lipinski definition) is 3. The van der Waals surface area contributed by atoms with Crippen LogP contribution in [0.5, 0.6) is 0 Å². The summed E-state index contributed by atoms with van der Waals surface area (Å²) >= 11 is 0. The summed E-state index contributed by atoms with van der Waals surface area (Å²) in [6.45, 7) is 10.6. The third-order valence-corrected chi connectivity index (χ3v) is 3.89. The van der Waals surface area contributed by atoms with E-state index in [1.54, 1.807) is 0 Å². The van der Waals surface area contributed by atoms with Gasteiger partial charge in [-0.3, -0.25) is 4.98 Å². The van der Waals surface area contributed by atoms with Crippen molar-refractivity contribution in [2.24, 2.45) is 5.92 Å². The van der Waals surface area contributed by atoms with Crippen LogP contribution in [0.4, 0.5) is 0 Å². The number of rotatable bonds is 5. The van der Waals surface area contributed by atoms with Crippen LogP contribution in [0.25, 0.3) is 0 Å². The predicted molar refractivity (Wildman–Crippen MR) is 79.9 cm³/mol. The Morgan fingerprint density at radius 1 is 1.58 bits per heavy atom. The van der Waals surface area contributed by atoms with E-state index in [4.69, 9.17) is 0 Å². The van der Waals surface area contributed by atoms with Crippen molar-refractivity contribution in [3.63, 3.8) is 0 Å². The van der Waals surface area contributed by atoms with Gasteiger partial charge >= 0.3 is 0 Å². The van der Waals surface area contributed by atoms with E-state index in [2.05, 4.69) is 41.3 Å². The standard InChI is InChI=1S/C16H25N3/c1-4-16(15-8-7-12(2)18-11-15)19-13(3)14-6-5-9-17-10-14/h7-8,11,14,16-17,19H,3-6,9-10H2,1-2H3. The summed E-state index contributed by atoms with van der Waals surface area (Å²) in [7, 11) is 0. The zero-order valence-corrected chi connectivity index (χ0v) is 12.1. The summed E-state index contributed by atoms with van der Waals surface area (Å²) in [5, 5.41) is 7.04. The molecule has 19 heavy (non-hydrogen) atoms. The zero-order chi connectivity index (χ0) is 13.7. The molecular weight excluding hydrogens is 234 g/mol. The summed E-state index contributed by atoms with van der Waals surface area (Å²) in [5.74, 6) is 0.557. The van der Waals surface area contributed by atoms with Gasteiger partial charge in [0.2, 0.25) is 0 Å². The molecule has 104 valence electrons. The number of piperidine rings is 1. The molecule has 0 spiro atoms. The molecule has 1 aliphatic heterocycles. The van der Waals surface area contributed by atoms with Gasteiger partial charge in [-0.2, -0.15) is 0 Å². The number of nitrogens with zero attached hydrogens (tertiary/aromatic N) is 1. The summed E-state index contributed by atoms with van der Waals surface area (Å²) < 4.78 is 0. The molecule has 0 saturated carbocycles. The largest absolute Gasteiger partial charge is 0.382 e. The first-order chi connectivity index (χ1) is 9.20. The topological polar surface area (TPSA) is 37.0 Å². The van der Waals surface area contributed by atoms with Crippen LogP contribution in [0, 0.1) is 12.8 Å². The normalized spacial score (nSPS) is 20.8. The van der Waals surface area contributed by atoms with E-state index in [9.17, 15) is 0 Å².